The fourth-order valence-corrected chi connectivity index (χ4v) is 2.35. The van der Waals surface area contributed by atoms with Crippen LogP contribution >= 0.6 is 0 Å². The Kier molecular flexibility index (Phi) is 3.56. The molecule has 0 aliphatic carbocycles. The van der Waals surface area contributed by atoms with Crippen LogP contribution in [0.4, 0.5) is 4.39 Å². The zero-order valence-electron chi connectivity index (χ0n) is 12.1. The average Bonchev–Trinajstić information content (AvgIpc) is 2.87. The quantitative estimate of drug-likeness (QED) is 0.867. The number of benzene rings is 1. The molecule has 0 unspecified atom stereocenters. The van der Waals surface area contributed by atoms with Crippen LogP contribution in [0, 0.1) is 12.7 Å². The van der Waals surface area contributed by atoms with Crippen molar-refractivity contribution in [1.82, 2.24) is 19.8 Å². The first-order valence-corrected chi connectivity index (χ1v) is 6.82. The van der Waals surface area contributed by atoms with Crippen molar-refractivity contribution in [1.29, 1.82) is 0 Å². The normalized spacial score (nSPS) is 14.0. The number of rotatable bonds is 3. The Hall–Kier alpha value is -2.43. The van der Waals surface area contributed by atoms with E-state index in [0.29, 0.717) is 5.56 Å². The first-order valence-electron chi connectivity index (χ1n) is 6.82. The molecule has 1 aromatic carbocycles. The van der Waals surface area contributed by atoms with Gasteiger partial charge < -0.3 is 9.80 Å². The third-order valence-electron chi connectivity index (χ3n) is 3.48. The van der Waals surface area contributed by atoms with E-state index in [1.807, 2.05) is 31.6 Å². The van der Waals surface area contributed by atoms with Gasteiger partial charge in [0.25, 0.3) is 0 Å². The maximum Gasteiger partial charge on any atom is 0.126 e. The standard InChI is InChI=1S/C16H17FN4/c1-12-7-13(3-4-15(12)17)16-8-14(18-10-19-16)9-21-6-5-20(2)11-21/h3-8,10H,9,11H2,1-2H3. The summed E-state index contributed by atoms with van der Waals surface area (Å²) < 4.78 is 13.3. The van der Waals surface area contributed by atoms with Gasteiger partial charge in [0.1, 0.15) is 12.1 Å². The minimum Gasteiger partial charge on any atom is -0.362 e. The monoisotopic (exact) mass is 284 g/mol. The predicted molar refractivity (Wildman–Crippen MR) is 79.5 cm³/mol. The molecule has 0 radical (unpaired) electrons. The lowest BCUT2D eigenvalue weighted by atomic mass is 10.1. The van der Waals surface area contributed by atoms with E-state index in [0.717, 1.165) is 30.2 Å². The van der Waals surface area contributed by atoms with Crippen LogP contribution in [0.15, 0.2) is 43.0 Å². The summed E-state index contributed by atoms with van der Waals surface area (Å²) >= 11 is 0. The summed E-state index contributed by atoms with van der Waals surface area (Å²) in [7, 11) is 2.03. The molecule has 0 bridgehead atoms. The third-order valence-corrected chi connectivity index (χ3v) is 3.48. The fraction of sp³-hybridized carbons (Fsp3) is 0.250. The number of hydrogen-bond acceptors (Lipinski definition) is 4. The molecule has 0 spiro atoms. The molecule has 4 nitrogen and oxygen atoms in total. The van der Waals surface area contributed by atoms with Crippen LogP contribution in [0.3, 0.4) is 0 Å². The van der Waals surface area contributed by atoms with Crippen molar-refractivity contribution in [2.24, 2.45) is 0 Å². The Labute approximate surface area is 123 Å². The second-order valence-electron chi connectivity index (χ2n) is 5.30. The zero-order chi connectivity index (χ0) is 14.8. The van der Waals surface area contributed by atoms with E-state index >= 15 is 0 Å². The van der Waals surface area contributed by atoms with Gasteiger partial charge in [-0.15, -0.1) is 0 Å². The first kappa shape index (κ1) is 13.5. The summed E-state index contributed by atoms with van der Waals surface area (Å²) in [6.07, 6.45) is 5.64. The van der Waals surface area contributed by atoms with Crippen LogP contribution in [-0.4, -0.2) is 33.5 Å². The summed E-state index contributed by atoms with van der Waals surface area (Å²) in [6, 6.07) is 6.99. The minimum atomic E-state index is -0.196. The second kappa shape index (κ2) is 5.52. The van der Waals surface area contributed by atoms with Gasteiger partial charge in [-0.3, -0.25) is 0 Å². The number of aromatic nitrogens is 2. The van der Waals surface area contributed by atoms with E-state index in [2.05, 4.69) is 19.8 Å². The van der Waals surface area contributed by atoms with Crippen molar-refractivity contribution in [2.75, 3.05) is 13.7 Å². The van der Waals surface area contributed by atoms with Crippen LogP contribution in [0.1, 0.15) is 11.3 Å². The van der Waals surface area contributed by atoms with Gasteiger partial charge in [0, 0.05) is 25.0 Å². The summed E-state index contributed by atoms with van der Waals surface area (Å²) in [5.41, 5.74) is 3.30. The molecule has 0 N–H and O–H groups in total. The van der Waals surface area contributed by atoms with Crippen molar-refractivity contribution in [3.63, 3.8) is 0 Å². The highest BCUT2D eigenvalue weighted by Crippen LogP contribution is 2.20. The van der Waals surface area contributed by atoms with Gasteiger partial charge in [-0.25, -0.2) is 14.4 Å². The van der Waals surface area contributed by atoms with Gasteiger partial charge in [-0.05, 0) is 36.8 Å². The molecule has 5 heteroatoms. The van der Waals surface area contributed by atoms with E-state index in [9.17, 15) is 4.39 Å². The van der Waals surface area contributed by atoms with E-state index in [4.69, 9.17) is 0 Å². The molecule has 2 aromatic rings. The molecule has 108 valence electrons. The molecule has 1 aliphatic heterocycles. The Bertz CT molecular complexity index is 684. The van der Waals surface area contributed by atoms with Gasteiger partial charge in [0.2, 0.25) is 0 Å². The molecule has 0 fully saturated rings. The van der Waals surface area contributed by atoms with E-state index < -0.39 is 0 Å². The second-order valence-corrected chi connectivity index (χ2v) is 5.30. The van der Waals surface area contributed by atoms with Gasteiger partial charge >= 0.3 is 0 Å². The SMILES string of the molecule is Cc1cc(-c2cc(CN3C=CN(C)C3)ncn2)ccc1F. The van der Waals surface area contributed by atoms with Crippen molar-refractivity contribution in [2.45, 2.75) is 13.5 Å². The zero-order valence-corrected chi connectivity index (χ0v) is 12.1. The maximum atomic E-state index is 13.3. The maximum absolute atomic E-state index is 13.3. The Morgan fingerprint density at radius 3 is 2.76 bits per heavy atom. The Morgan fingerprint density at radius 2 is 2.05 bits per heavy atom. The van der Waals surface area contributed by atoms with Crippen molar-refractivity contribution < 1.29 is 4.39 Å². The van der Waals surface area contributed by atoms with E-state index in [1.165, 1.54) is 6.07 Å². The molecule has 21 heavy (non-hydrogen) atoms. The largest absolute Gasteiger partial charge is 0.362 e. The number of halogens is 1. The van der Waals surface area contributed by atoms with Crippen molar-refractivity contribution in [3.05, 3.63) is 60.1 Å². The number of aryl methyl sites for hydroxylation is 1. The molecular formula is C16H17FN4. The van der Waals surface area contributed by atoms with Crippen LogP contribution < -0.4 is 0 Å². The molecule has 0 atom stereocenters. The first-order chi connectivity index (χ1) is 10.1. The molecular weight excluding hydrogens is 267 g/mol. The lowest BCUT2D eigenvalue weighted by Crippen LogP contribution is -2.22. The average molecular weight is 284 g/mol. The molecule has 3 rings (SSSR count). The van der Waals surface area contributed by atoms with Crippen molar-refractivity contribution >= 4 is 0 Å². The van der Waals surface area contributed by atoms with Gasteiger partial charge in [0.15, 0.2) is 0 Å². The lowest BCUT2D eigenvalue weighted by Gasteiger charge is -2.17. The molecule has 0 saturated heterocycles. The van der Waals surface area contributed by atoms with Crippen LogP contribution in [0.5, 0.6) is 0 Å². The van der Waals surface area contributed by atoms with Crippen LogP contribution in [0.25, 0.3) is 11.3 Å². The summed E-state index contributed by atoms with van der Waals surface area (Å²) in [6.45, 7) is 3.34. The minimum absolute atomic E-state index is 0.196. The molecule has 2 heterocycles. The smallest absolute Gasteiger partial charge is 0.126 e. The van der Waals surface area contributed by atoms with E-state index in [-0.39, 0.29) is 5.82 Å². The molecule has 0 amide bonds. The Balaban J connectivity index is 1.82. The van der Waals surface area contributed by atoms with Crippen LogP contribution in [0.2, 0.25) is 0 Å². The summed E-state index contributed by atoms with van der Waals surface area (Å²) in [5.74, 6) is -0.196. The van der Waals surface area contributed by atoms with Gasteiger partial charge in [0.05, 0.1) is 24.6 Å². The third kappa shape index (κ3) is 3.02. The Morgan fingerprint density at radius 1 is 1.19 bits per heavy atom. The highest BCUT2D eigenvalue weighted by atomic mass is 19.1. The van der Waals surface area contributed by atoms with Crippen LogP contribution in [-0.2, 0) is 6.54 Å². The van der Waals surface area contributed by atoms with Gasteiger partial charge in [-0.2, -0.15) is 0 Å². The summed E-state index contributed by atoms with van der Waals surface area (Å²) in [5, 5.41) is 0. The van der Waals surface area contributed by atoms with Crippen molar-refractivity contribution in [3.8, 4) is 11.3 Å². The number of nitrogens with zero attached hydrogens (tertiary/aromatic N) is 4. The number of hydrogen-bond donors (Lipinski definition) is 0. The topological polar surface area (TPSA) is 32.3 Å². The highest BCUT2D eigenvalue weighted by molar-refractivity contribution is 5.60. The predicted octanol–water partition coefficient (Wildman–Crippen LogP) is 2.77. The highest BCUT2D eigenvalue weighted by Gasteiger charge is 2.11. The molecule has 1 aliphatic rings. The van der Waals surface area contributed by atoms with E-state index in [1.54, 1.807) is 19.3 Å². The lowest BCUT2D eigenvalue weighted by molar-refractivity contribution is 0.288. The van der Waals surface area contributed by atoms with Gasteiger partial charge in [-0.1, -0.05) is 0 Å². The fourth-order valence-electron chi connectivity index (χ4n) is 2.35. The molecule has 1 aromatic heterocycles. The summed E-state index contributed by atoms with van der Waals surface area (Å²) in [4.78, 5) is 12.9. The molecule has 0 saturated carbocycles.